The van der Waals surface area contributed by atoms with Gasteiger partial charge in [-0.25, -0.2) is 8.42 Å². The fraction of sp³-hybridized carbons (Fsp3) is 0.611. The third-order valence-corrected chi connectivity index (χ3v) is 6.77. The lowest BCUT2D eigenvalue weighted by molar-refractivity contribution is -0.123. The number of benzene rings is 1. The molecule has 0 aromatic heterocycles. The van der Waals surface area contributed by atoms with Crippen molar-refractivity contribution in [3.05, 3.63) is 29.8 Å². The molecule has 1 saturated heterocycles. The summed E-state index contributed by atoms with van der Waals surface area (Å²) in [6, 6.07) is 6.22. The van der Waals surface area contributed by atoms with Crippen molar-refractivity contribution in [1.29, 1.82) is 0 Å². The van der Waals surface area contributed by atoms with Crippen LogP contribution in [0, 0.1) is 5.92 Å². The van der Waals surface area contributed by atoms with Crippen LogP contribution in [0.5, 0.6) is 0 Å². The second-order valence-electron chi connectivity index (χ2n) is 6.74. The standard InChI is InChI=1S/C18H29N3O3S.ClH/c1-3-14(2)17(19)18(22)20-13-15-8-7-9-16(12-15)25(23,24)21-10-5-4-6-11-21;/h7-9,12,14,17H,3-6,10-11,13,19H2,1-2H3,(H,20,22);1H. The van der Waals surface area contributed by atoms with Crippen molar-refractivity contribution in [3.63, 3.8) is 0 Å². The molecule has 1 heterocycles. The number of hydrogen-bond donors (Lipinski definition) is 2. The van der Waals surface area contributed by atoms with Gasteiger partial charge in [0.2, 0.25) is 15.9 Å². The van der Waals surface area contributed by atoms with Crippen LogP contribution in [0.2, 0.25) is 0 Å². The van der Waals surface area contributed by atoms with Gasteiger partial charge in [0.05, 0.1) is 10.9 Å². The molecule has 1 fully saturated rings. The first-order chi connectivity index (χ1) is 11.9. The number of nitrogens with zero attached hydrogens (tertiary/aromatic N) is 1. The van der Waals surface area contributed by atoms with E-state index < -0.39 is 16.1 Å². The van der Waals surface area contributed by atoms with E-state index in [0.717, 1.165) is 31.2 Å². The number of carbonyl (C=O) groups is 1. The Balaban J connectivity index is 0.00000338. The maximum atomic E-state index is 12.7. The van der Waals surface area contributed by atoms with Gasteiger partial charge in [-0.1, -0.05) is 38.8 Å². The molecular weight excluding hydrogens is 374 g/mol. The number of hydrogen-bond acceptors (Lipinski definition) is 4. The van der Waals surface area contributed by atoms with E-state index in [1.807, 2.05) is 19.9 Å². The quantitative estimate of drug-likeness (QED) is 0.730. The SMILES string of the molecule is CCC(C)C(N)C(=O)NCc1cccc(S(=O)(=O)N2CCCCC2)c1.Cl. The van der Waals surface area contributed by atoms with Crippen LogP contribution < -0.4 is 11.1 Å². The molecule has 0 aliphatic carbocycles. The van der Waals surface area contributed by atoms with E-state index in [-0.39, 0.29) is 35.7 Å². The number of piperidine rings is 1. The summed E-state index contributed by atoms with van der Waals surface area (Å²) in [4.78, 5) is 12.4. The molecule has 1 aliphatic rings. The lowest BCUT2D eigenvalue weighted by Crippen LogP contribution is -2.44. The van der Waals surface area contributed by atoms with Gasteiger partial charge in [-0.3, -0.25) is 4.79 Å². The summed E-state index contributed by atoms with van der Waals surface area (Å²) in [5.41, 5.74) is 6.67. The van der Waals surface area contributed by atoms with Crippen molar-refractivity contribution < 1.29 is 13.2 Å². The minimum absolute atomic E-state index is 0. The van der Waals surface area contributed by atoms with Crippen molar-refractivity contribution in [3.8, 4) is 0 Å². The van der Waals surface area contributed by atoms with Crippen molar-refractivity contribution in [2.24, 2.45) is 11.7 Å². The Morgan fingerprint density at radius 1 is 1.27 bits per heavy atom. The molecular formula is C18H30ClN3O3S. The summed E-state index contributed by atoms with van der Waals surface area (Å²) in [7, 11) is -3.46. The number of nitrogens with one attached hydrogen (secondary N) is 1. The molecule has 2 atom stereocenters. The van der Waals surface area contributed by atoms with Gasteiger partial charge in [0.25, 0.3) is 0 Å². The fourth-order valence-corrected chi connectivity index (χ4v) is 4.48. The minimum atomic E-state index is -3.46. The first kappa shape index (κ1) is 22.9. The molecule has 0 bridgehead atoms. The predicted molar refractivity (Wildman–Crippen MR) is 106 cm³/mol. The van der Waals surface area contributed by atoms with Crippen molar-refractivity contribution in [2.75, 3.05) is 13.1 Å². The molecule has 6 nitrogen and oxygen atoms in total. The first-order valence-electron chi connectivity index (χ1n) is 8.98. The molecule has 2 rings (SSSR count). The highest BCUT2D eigenvalue weighted by Gasteiger charge is 2.26. The zero-order valence-electron chi connectivity index (χ0n) is 15.5. The topological polar surface area (TPSA) is 92.5 Å². The molecule has 0 saturated carbocycles. The Morgan fingerprint density at radius 2 is 1.92 bits per heavy atom. The molecule has 26 heavy (non-hydrogen) atoms. The Bertz CT molecular complexity index is 691. The zero-order valence-corrected chi connectivity index (χ0v) is 17.1. The van der Waals surface area contributed by atoms with Crippen LogP contribution in [0.4, 0.5) is 0 Å². The van der Waals surface area contributed by atoms with E-state index >= 15 is 0 Å². The summed E-state index contributed by atoms with van der Waals surface area (Å²) < 4.78 is 27.0. The molecule has 2 unspecified atom stereocenters. The molecule has 3 N–H and O–H groups in total. The number of amides is 1. The van der Waals surface area contributed by atoms with E-state index in [1.54, 1.807) is 22.5 Å². The van der Waals surface area contributed by atoms with E-state index in [9.17, 15) is 13.2 Å². The Kier molecular flexibility index (Phi) is 9.03. The average molecular weight is 404 g/mol. The summed E-state index contributed by atoms with van der Waals surface area (Å²) in [5, 5.41) is 2.80. The van der Waals surface area contributed by atoms with Gasteiger partial charge < -0.3 is 11.1 Å². The highest BCUT2D eigenvalue weighted by Crippen LogP contribution is 2.21. The summed E-state index contributed by atoms with van der Waals surface area (Å²) in [6.45, 7) is 5.36. The lowest BCUT2D eigenvalue weighted by atomic mass is 9.99. The van der Waals surface area contributed by atoms with Crippen LogP contribution in [-0.2, 0) is 21.4 Å². The van der Waals surface area contributed by atoms with Crippen molar-refractivity contribution >= 4 is 28.3 Å². The highest BCUT2D eigenvalue weighted by atomic mass is 35.5. The number of sulfonamides is 1. The number of nitrogens with two attached hydrogens (primary N) is 1. The number of rotatable bonds is 7. The molecule has 0 spiro atoms. The predicted octanol–water partition coefficient (Wildman–Crippen LogP) is 2.27. The van der Waals surface area contributed by atoms with E-state index in [1.165, 1.54) is 0 Å². The van der Waals surface area contributed by atoms with Crippen LogP contribution in [0.15, 0.2) is 29.2 Å². The Hall–Kier alpha value is -1.15. The average Bonchev–Trinajstić information content (AvgIpc) is 2.65. The molecule has 1 aliphatic heterocycles. The first-order valence-corrected chi connectivity index (χ1v) is 10.4. The molecule has 1 aromatic carbocycles. The summed E-state index contributed by atoms with van der Waals surface area (Å²) in [6.07, 6.45) is 3.72. The summed E-state index contributed by atoms with van der Waals surface area (Å²) in [5.74, 6) is -0.107. The van der Waals surface area contributed by atoms with Crippen LogP contribution in [0.3, 0.4) is 0 Å². The second-order valence-corrected chi connectivity index (χ2v) is 8.68. The maximum Gasteiger partial charge on any atom is 0.243 e. The third-order valence-electron chi connectivity index (χ3n) is 4.88. The Morgan fingerprint density at radius 3 is 2.54 bits per heavy atom. The van der Waals surface area contributed by atoms with E-state index in [4.69, 9.17) is 5.73 Å². The van der Waals surface area contributed by atoms with Crippen molar-refractivity contribution in [1.82, 2.24) is 9.62 Å². The number of halogens is 1. The van der Waals surface area contributed by atoms with Crippen LogP contribution in [0.25, 0.3) is 0 Å². The normalized spacial score (nSPS) is 17.8. The van der Waals surface area contributed by atoms with Crippen LogP contribution in [-0.4, -0.2) is 37.8 Å². The van der Waals surface area contributed by atoms with Crippen LogP contribution >= 0.6 is 12.4 Å². The molecule has 8 heteroatoms. The van der Waals surface area contributed by atoms with Crippen LogP contribution in [0.1, 0.15) is 45.1 Å². The summed E-state index contributed by atoms with van der Waals surface area (Å²) >= 11 is 0. The molecule has 1 amide bonds. The van der Waals surface area contributed by atoms with Gasteiger partial charge in [-0.2, -0.15) is 4.31 Å². The van der Waals surface area contributed by atoms with Crippen molar-refractivity contribution in [2.45, 2.75) is 57.0 Å². The zero-order chi connectivity index (χ0) is 18.4. The van der Waals surface area contributed by atoms with E-state index in [0.29, 0.717) is 13.1 Å². The van der Waals surface area contributed by atoms with Gasteiger partial charge in [-0.15, -0.1) is 12.4 Å². The molecule has 0 radical (unpaired) electrons. The lowest BCUT2D eigenvalue weighted by Gasteiger charge is -2.26. The second kappa shape index (κ2) is 10.3. The largest absolute Gasteiger partial charge is 0.351 e. The minimum Gasteiger partial charge on any atom is -0.351 e. The highest BCUT2D eigenvalue weighted by molar-refractivity contribution is 7.89. The fourth-order valence-electron chi connectivity index (χ4n) is 2.89. The van der Waals surface area contributed by atoms with E-state index in [2.05, 4.69) is 5.32 Å². The third kappa shape index (κ3) is 5.67. The van der Waals surface area contributed by atoms with Gasteiger partial charge in [0.15, 0.2) is 0 Å². The van der Waals surface area contributed by atoms with Gasteiger partial charge in [-0.05, 0) is 36.5 Å². The molecule has 1 aromatic rings. The van der Waals surface area contributed by atoms with Gasteiger partial charge >= 0.3 is 0 Å². The monoisotopic (exact) mass is 403 g/mol. The molecule has 148 valence electrons. The number of carbonyl (C=O) groups excluding carboxylic acids is 1. The smallest absolute Gasteiger partial charge is 0.243 e. The van der Waals surface area contributed by atoms with Gasteiger partial charge in [0.1, 0.15) is 0 Å². The Labute approximate surface area is 163 Å². The van der Waals surface area contributed by atoms with Gasteiger partial charge in [0, 0.05) is 19.6 Å². The maximum absolute atomic E-state index is 12.7.